The molecule has 1 aromatic carbocycles. The first-order valence-electron chi connectivity index (χ1n) is 10.7. The second-order valence-electron chi connectivity index (χ2n) is 8.21. The van der Waals surface area contributed by atoms with E-state index in [0.29, 0.717) is 18.3 Å². The van der Waals surface area contributed by atoms with Crippen LogP contribution in [0.1, 0.15) is 43.0 Å². The maximum atomic E-state index is 13.5. The third kappa shape index (κ3) is 5.36. The predicted octanol–water partition coefficient (Wildman–Crippen LogP) is -0.282. The monoisotopic (exact) mass is 458 g/mol. The Morgan fingerprint density at radius 3 is 2.55 bits per heavy atom. The highest BCUT2D eigenvalue weighted by molar-refractivity contribution is 6.00. The minimum absolute atomic E-state index is 0.00765. The molecule has 1 aromatic rings. The van der Waals surface area contributed by atoms with Crippen molar-refractivity contribution in [3.8, 4) is 0 Å². The van der Waals surface area contributed by atoms with Crippen LogP contribution in [0, 0.1) is 5.92 Å². The molecule has 3 rings (SSSR count). The highest BCUT2D eigenvalue weighted by Crippen LogP contribution is 2.27. The molecule has 4 atom stereocenters. The molecule has 0 saturated carbocycles. The number of carbonyl (C=O) groups excluding carboxylic acids is 5. The number of benzene rings is 1. The van der Waals surface area contributed by atoms with Gasteiger partial charge >= 0.3 is 5.97 Å². The van der Waals surface area contributed by atoms with Gasteiger partial charge in [-0.15, -0.1) is 0 Å². The Labute approximate surface area is 190 Å². The summed E-state index contributed by atoms with van der Waals surface area (Å²) in [5.41, 5.74) is 0.348. The van der Waals surface area contributed by atoms with E-state index in [1.807, 2.05) is 0 Å². The largest absolute Gasteiger partial charge is 0.481 e. The van der Waals surface area contributed by atoms with Crippen LogP contribution in [0.4, 0.5) is 0 Å². The average Bonchev–Trinajstić information content (AvgIpc) is 2.88. The van der Waals surface area contributed by atoms with Crippen molar-refractivity contribution in [1.29, 1.82) is 0 Å². The van der Waals surface area contributed by atoms with E-state index in [-0.39, 0.29) is 25.3 Å². The Hall–Kier alpha value is -3.76. The quantitative estimate of drug-likeness (QED) is 0.475. The summed E-state index contributed by atoms with van der Waals surface area (Å²) in [7, 11) is 0. The number of nitrogens with zero attached hydrogens (tertiary/aromatic N) is 2. The second-order valence-corrected chi connectivity index (χ2v) is 8.21. The van der Waals surface area contributed by atoms with Gasteiger partial charge in [0.05, 0.1) is 12.5 Å². The molecule has 0 radical (unpaired) electrons. The Bertz CT molecular complexity index is 951. The molecule has 33 heavy (non-hydrogen) atoms. The third-order valence-electron chi connectivity index (χ3n) is 5.76. The number of carboxylic acid groups (broad SMARTS) is 1. The fourth-order valence-electron chi connectivity index (χ4n) is 4.10. The second kappa shape index (κ2) is 10.2. The first-order chi connectivity index (χ1) is 15.7. The number of fused-ring (bicyclic) bond motifs is 1. The van der Waals surface area contributed by atoms with Crippen LogP contribution in [0.3, 0.4) is 0 Å². The molecule has 11 nitrogen and oxygen atoms in total. The lowest BCUT2D eigenvalue weighted by Gasteiger charge is -2.43. The summed E-state index contributed by atoms with van der Waals surface area (Å²) in [6.07, 6.45) is 0.353. The molecular weight excluding hydrogens is 432 g/mol. The molecule has 2 saturated heterocycles. The Morgan fingerprint density at radius 1 is 1.21 bits per heavy atom. The molecule has 0 spiro atoms. The van der Waals surface area contributed by atoms with Crippen LogP contribution in [0.15, 0.2) is 30.3 Å². The number of amides is 4. The standard InChI is InChI=1S/C22H26N4O7/c1-13-10-17(28)25-9-5-8-16(21(32)23-15(12-27)11-18(29)30)26(25)22(33)19(13)24-20(31)14-6-3-2-4-7-14/h2-4,6-7,12-13,15-16,19H,5,8-11H2,1H3,(H,23,32)(H,24,31)(H,29,30)/t13-,15-,16-,19?/m0/s1. The topological polar surface area (TPSA) is 153 Å². The van der Waals surface area contributed by atoms with Crippen LogP contribution in [-0.4, -0.2) is 75.7 Å². The van der Waals surface area contributed by atoms with Gasteiger partial charge in [-0.2, -0.15) is 0 Å². The summed E-state index contributed by atoms with van der Waals surface area (Å²) < 4.78 is 0. The summed E-state index contributed by atoms with van der Waals surface area (Å²) in [6, 6.07) is 4.87. The Kier molecular flexibility index (Phi) is 7.41. The van der Waals surface area contributed by atoms with Crippen molar-refractivity contribution >= 4 is 35.9 Å². The lowest BCUT2D eigenvalue weighted by Crippen LogP contribution is -2.64. The van der Waals surface area contributed by atoms with E-state index in [1.165, 1.54) is 5.01 Å². The summed E-state index contributed by atoms with van der Waals surface area (Å²) in [5, 5.41) is 16.2. The molecular formula is C22H26N4O7. The molecule has 1 unspecified atom stereocenters. The number of carboxylic acids is 1. The lowest BCUT2D eigenvalue weighted by atomic mass is 9.96. The van der Waals surface area contributed by atoms with E-state index in [0.717, 1.165) is 5.01 Å². The number of aldehydes is 1. The highest BCUT2D eigenvalue weighted by atomic mass is 16.4. The first kappa shape index (κ1) is 23.9. The SMILES string of the molecule is C[C@H]1CC(=O)N2CCC[C@@H](C(=O)N[C@H](C=O)CC(=O)O)N2C(=O)C1NC(=O)c1ccccc1. The predicted molar refractivity (Wildman–Crippen MR) is 113 cm³/mol. The molecule has 0 bridgehead atoms. The third-order valence-corrected chi connectivity index (χ3v) is 5.76. The number of aliphatic carboxylic acids is 1. The minimum atomic E-state index is -1.27. The van der Waals surface area contributed by atoms with Gasteiger partial charge < -0.3 is 20.5 Å². The fraction of sp³-hybridized carbons (Fsp3) is 0.455. The normalized spacial score (nSPS) is 23.7. The van der Waals surface area contributed by atoms with Crippen LogP contribution in [-0.2, 0) is 24.0 Å². The summed E-state index contributed by atoms with van der Waals surface area (Å²) in [4.78, 5) is 74.1. The van der Waals surface area contributed by atoms with E-state index in [4.69, 9.17) is 5.11 Å². The summed E-state index contributed by atoms with van der Waals surface area (Å²) >= 11 is 0. The molecule has 0 aromatic heterocycles. The number of hydrazine groups is 1. The van der Waals surface area contributed by atoms with Crippen molar-refractivity contribution in [2.45, 2.75) is 50.7 Å². The maximum Gasteiger partial charge on any atom is 0.305 e. The molecule has 176 valence electrons. The minimum Gasteiger partial charge on any atom is -0.481 e. The van der Waals surface area contributed by atoms with Crippen LogP contribution in [0.5, 0.6) is 0 Å². The van der Waals surface area contributed by atoms with E-state index >= 15 is 0 Å². The smallest absolute Gasteiger partial charge is 0.305 e. The van der Waals surface area contributed by atoms with Crippen LogP contribution >= 0.6 is 0 Å². The van der Waals surface area contributed by atoms with Crippen molar-refractivity contribution in [2.75, 3.05) is 6.54 Å². The van der Waals surface area contributed by atoms with Gasteiger partial charge in [0.25, 0.3) is 11.8 Å². The van der Waals surface area contributed by atoms with Gasteiger partial charge in [-0.25, -0.2) is 5.01 Å². The molecule has 3 N–H and O–H groups in total. The molecule has 11 heteroatoms. The summed E-state index contributed by atoms with van der Waals surface area (Å²) in [5.74, 6) is -3.98. The average molecular weight is 458 g/mol. The number of rotatable bonds is 7. The fourth-order valence-corrected chi connectivity index (χ4v) is 4.10. The van der Waals surface area contributed by atoms with E-state index in [1.54, 1.807) is 37.3 Å². The molecule has 2 heterocycles. The highest BCUT2D eigenvalue weighted by Gasteiger charge is 2.47. The molecule has 0 aliphatic carbocycles. The van der Waals surface area contributed by atoms with Crippen LogP contribution in [0.2, 0.25) is 0 Å². The first-order valence-corrected chi connectivity index (χ1v) is 10.7. The van der Waals surface area contributed by atoms with Gasteiger partial charge in [-0.3, -0.25) is 29.0 Å². The Balaban J connectivity index is 1.86. The van der Waals surface area contributed by atoms with Crippen molar-refractivity contribution in [2.24, 2.45) is 5.92 Å². The zero-order valence-electron chi connectivity index (χ0n) is 18.1. The molecule has 4 amide bonds. The van der Waals surface area contributed by atoms with Gasteiger partial charge in [-0.05, 0) is 30.9 Å². The van der Waals surface area contributed by atoms with Gasteiger partial charge in [-0.1, -0.05) is 25.1 Å². The molecule has 2 aliphatic heterocycles. The van der Waals surface area contributed by atoms with E-state index in [9.17, 15) is 28.8 Å². The van der Waals surface area contributed by atoms with Crippen molar-refractivity contribution in [3.63, 3.8) is 0 Å². The Morgan fingerprint density at radius 2 is 1.91 bits per heavy atom. The van der Waals surface area contributed by atoms with Gasteiger partial charge in [0.2, 0.25) is 11.8 Å². The van der Waals surface area contributed by atoms with Crippen molar-refractivity contribution in [1.82, 2.24) is 20.7 Å². The number of hydrogen-bond donors (Lipinski definition) is 3. The van der Waals surface area contributed by atoms with Crippen LogP contribution < -0.4 is 10.6 Å². The van der Waals surface area contributed by atoms with Gasteiger partial charge in [0.15, 0.2) is 0 Å². The van der Waals surface area contributed by atoms with Crippen LogP contribution in [0.25, 0.3) is 0 Å². The van der Waals surface area contributed by atoms with Crippen molar-refractivity contribution in [3.05, 3.63) is 35.9 Å². The number of nitrogens with one attached hydrogen (secondary N) is 2. The number of hydrogen-bond acceptors (Lipinski definition) is 6. The van der Waals surface area contributed by atoms with E-state index in [2.05, 4.69) is 10.6 Å². The van der Waals surface area contributed by atoms with E-state index < -0.39 is 54.2 Å². The van der Waals surface area contributed by atoms with Crippen molar-refractivity contribution < 1.29 is 33.9 Å². The van der Waals surface area contributed by atoms with Gasteiger partial charge in [0, 0.05) is 18.5 Å². The lowest BCUT2D eigenvalue weighted by molar-refractivity contribution is -0.176. The zero-order valence-corrected chi connectivity index (χ0v) is 18.1. The zero-order chi connectivity index (χ0) is 24.1. The molecule has 2 aliphatic rings. The number of carbonyl (C=O) groups is 6. The molecule has 2 fully saturated rings. The van der Waals surface area contributed by atoms with Gasteiger partial charge in [0.1, 0.15) is 18.4 Å². The summed E-state index contributed by atoms with van der Waals surface area (Å²) in [6.45, 7) is 1.91. The maximum absolute atomic E-state index is 13.5.